The third-order valence-electron chi connectivity index (χ3n) is 6.52. The van der Waals surface area contributed by atoms with Crippen molar-refractivity contribution in [3.63, 3.8) is 0 Å². The fourth-order valence-corrected chi connectivity index (χ4v) is 4.97. The van der Waals surface area contributed by atoms with Crippen LogP contribution in [0.1, 0.15) is 46.9 Å². The predicted octanol–water partition coefficient (Wildman–Crippen LogP) is 5.37. The van der Waals surface area contributed by atoms with E-state index in [0.29, 0.717) is 29.4 Å². The van der Waals surface area contributed by atoms with Crippen molar-refractivity contribution in [2.75, 3.05) is 10.2 Å². The number of benzene rings is 2. The van der Waals surface area contributed by atoms with Crippen LogP contribution in [-0.4, -0.2) is 35.8 Å². The van der Waals surface area contributed by atoms with Crippen molar-refractivity contribution in [3.8, 4) is 17.0 Å². The average Bonchev–Trinajstić information content (AvgIpc) is 3.61. The Bertz CT molecular complexity index is 1640. The molecule has 0 atom stereocenters. The van der Waals surface area contributed by atoms with Crippen LogP contribution in [0.2, 0.25) is 5.02 Å². The molecule has 0 saturated carbocycles. The lowest BCUT2D eigenvalue weighted by molar-refractivity contribution is 0.102. The number of anilines is 2. The minimum absolute atomic E-state index is 0.0306. The van der Waals surface area contributed by atoms with E-state index < -0.39 is 0 Å². The van der Waals surface area contributed by atoms with Crippen molar-refractivity contribution in [3.05, 3.63) is 88.3 Å². The molecule has 0 aliphatic carbocycles. The number of carbonyl (C=O) groups is 1. The maximum absolute atomic E-state index is 13.4. The number of H-pyrrole nitrogens is 1. The molecule has 2 aromatic carbocycles. The van der Waals surface area contributed by atoms with E-state index in [2.05, 4.69) is 26.5 Å². The van der Waals surface area contributed by atoms with Gasteiger partial charge in [0.05, 0.1) is 11.9 Å². The zero-order chi connectivity index (χ0) is 25.7. The summed E-state index contributed by atoms with van der Waals surface area (Å²) in [6.45, 7) is 5.42. The van der Waals surface area contributed by atoms with E-state index in [-0.39, 0.29) is 23.3 Å². The number of aromatic nitrogens is 5. The summed E-state index contributed by atoms with van der Waals surface area (Å²) in [6, 6.07) is 14.4. The summed E-state index contributed by atoms with van der Waals surface area (Å²) in [4.78, 5) is 20.6. The maximum atomic E-state index is 13.4. The molecule has 0 radical (unpaired) electrons. The molecule has 6 rings (SSSR count). The number of phenolic OH excluding ortho intramolecular Hbond substituents is 1. The van der Waals surface area contributed by atoms with E-state index in [4.69, 9.17) is 21.7 Å². The first-order chi connectivity index (χ1) is 17.9. The van der Waals surface area contributed by atoms with Crippen molar-refractivity contribution >= 4 is 34.7 Å². The topological polar surface area (TPSA) is 111 Å². The summed E-state index contributed by atoms with van der Waals surface area (Å²) >= 11 is 6.23. The number of halogens is 1. The molecule has 0 fully saturated rings. The number of hydrogen-bond donors (Lipinski definition) is 3. The Morgan fingerprint density at radius 2 is 1.97 bits per heavy atom. The van der Waals surface area contributed by atoms with Gasteiger partial charge in [-0.2, -0.15) is 10.2 Å². The lowest BCUT2D eigenvalue weighted by atomic mass is 10.0. The first-order valence-corrected chi connectivity index (χ1v) is 12.3. The summed E-state index contributed by atoms with van der Waals surface area (Å²) in [5.74, 6) is 0.441. The largest absolute Gasteiger partial charge is 0.508 e. The normalized spacial score (nSPS) is 12.9. The number of aromatic amines is 1. The SMILES string of the molecule is CC(C)c1c(C(=O)Nc2cccc(O)c2)nn2c(-c3cn[nH]c3)cc(N3Cc4ccc(Cl)cc4C3)nc12. The molecule has 9 nitrogen and oxygen atoms in total. The number of phenols is 1. The Morgan fingerprint density at radius 3 is 2.73 bits per heavy atom. The Kier molecular flexibility index (Phi) is 5.57. The lowest BCUT2D eigenvalue weighted by Gasteiger charge is -2.18. The van der Waals surface area contributed by atoms with Gasteiger partial charge in [0, 0.05) is 53.3 Å². The minimum Gasteiger partial charge on any atom is -0.508 e. The zero-order valence-corrected chi connectivity index (χ0v) is 21.0. The molecular weight excluding hydrogens is 490 g/mol. The number of amides is 1. The predicted molar refractivity (Wildman–Crippen MR) is 142 cm³/mol. The molecule has 1 aliphatic heterocycles. The highest BCUT2D eigenvalue weighted by Crippen LogP contribution is 2.34. The fraction of sp³-hybridized carbons (Fsp3) is 0.185. The summed E-state index contributed by atoms with van der Waals surface area (Å²) in [5, 5.41) is 25.1. The van der Waals surface area contributed by atoms with Crippen LogP contribution < -0.4 is 10.2 Å². The Morgan fingerprint density at radius 1 is 1.14 bits per heavy atom. The minimum atomic E-state index is -0.372. The Labute approximate surface area is 217 Å². The number of fused-ring (bicyclic) bond motifs is 2. The van der Waals surface area contributed by atoms with Crippen molar-refractivity contribution in [1.29, 1.82) is 0 Å². The molecule has 4 heterocycles. The Balaban J connectivity index is 1.49. The smallest absolute Gasteiger partial charge is 0.276 e. The van der Waals surface area contributed by atoms with Crippen molar-refractivity contribution in [1.82, 2.24) is 24.8 Å². The zero-order valence-electron chi connectivity index (χ0n) is 20.2. The van der Waals surface area contributed by atoms with Crippen LogP contribution in [-0.2, 0) is 13.1 Å². The average molecular weight is 514 g/mol. The Hall–Kier alpha value is -4.37. The van der Waals surface area contributed by atoms with E-state index >= 15 is 0 Å². The van der Waals surface area contributed by atoms with E-state index in [9.17, 15) is 9.90 Å². The number of carbonyl (C=O) groups excluding carboxylic acids is 1. The molecule has 0 saturated heterocycles. The number of nitrogens with one attached hydrogen (secondary N) is 2. The third-order valence-corrected chi connectivity index (χ3v) is 6.75. The van der Waals surface area contributed by atoms with Crippen LogP contribution in [0.25, 0.3) is 16.9 Å². The highest BCUT2D eigenvalue weighted by molar-refractivity contribution is 6.30. The van der Waals surface area contributed by atoms with Gasteiger partial charge in [-0.3, -0.25) is 9.89 Å². The highest BCUT2D eigenvalue weighted by Gasteiger charge is 2.28. The molecule has 0 spiro atoms. The molecule has 3 N–H and O–H groups in total. The van der Waals surface area contributed by atoms with Gasteiger partial charge in [0.1, 0.15) is 11.6 Å². The van der Waals surface area contributed by atoms with E-state index in [1.54, 1.807) is 35.1 Å². The summed E-state index contributed by atoms with van der Waals surface area (Å²) in [7, 11) is 0. The summed E-state index contributed by atoms with van der Waals surface area (Å²) in [6.07, 6.45) is 3.51. The van der Waals surface area contributed by atoms with Crippen LogP contribution in [0.15, 0.2) is 60.9 Å². The monoisotopic (exact) mass is 513 g/mol. The quantitative estimate of drug-likeness (QED) is 0.291. The van der Waals surface area contributed by atoms with E-state index in [0.717, 1.165) is 22.6 Å². The number of aromatic hydroxyl groups is 1. The van der Waals surface area contributed by atoms with Crippen molar-refractivity contribution in [2.45, 2.75) is 32.9 Å². The molecule has 0 bridgehead atoms. The third kappa shape index (κ3) is 4.17. The first-order valence-electron chi connectivity index (χ1n) is 11.9. The number of hydrogen-bond acceptors (Lipinski definition) is 6. The molecular formula is C27H24ClN7O2. The first kappa shape index (κ1) is 23.1. The van der Waals surface area contributed by atoms with E-state index in [1.165, 1.54) is 17.2 Å². The molecule has 3 aromatic heterocycles. The van der Waals surface area contributed by atoms with Crippen molar-refractivity contribution in [2.24, 2.45) is 0 Å². The van der Waals surface area contributed by atoms with Gasteiger partial charge in [-0.1, -0.05) is 37.6 Å². The van der Waals surface area contributed by atoms with Gasteiger partial charge in [-0.15, -0.1) is 0 Å². The van der Waals surface area contributed by atoms with Crippen molar-refractivity contribution < 1.29 is 9.90 Å². The summed E-state index contributed by atoms with van der Waals surface area (Å²) in [5.41, 5.74) is 6.08. The molecule has 1 amide bonds. The van der Waals surface area contributed by atoms with Gasteiger partial charge in [-0.25, -0.2) is 9.50 Å². The molecule has 37 heavy (non-hydrogen) atoms. The van der Waals surface area contributed by atoms with Gasteiger partial charge in [-0.05, 0) is 41.3 Å². The van der Waals surface area contributed by atoms with E-state index in [1.807, 2.05) is 32.0 Å². The van der Waals surface area contributed by atoms with Gasteiger partial charge in [0.2, 0.25) is 0 Å². The van der Waals surface area contributed by atoms with Crippen LogP contribution >= 0.6 is 11.6 Å². The second-order valence-electron chi connectivity index (χ2n) is 9.41. The fourth-order valence-electron chi connectivity index (χ4n) is 4.78. The second-order valence-corrected chi connectivity index (χ2v) is 9.85. The number of nitrogens with zero attached hydrogens (tertiary/aromatic N) is 5. The van der Waals surface area contributed by atoms with Gasteiger partial charge in [0.25, 0.3) is 5.91 Å². The summed E-state index contributed by atoms with van der Waals surface area (Å²) < 4.78 is 1.71. The van der Waals surface area contributed by atoms with Gasteiger partial charge in [0.15, 0.2) is 11.3 Å². The standard InChI is InChI=1S/C27H24ClN7O2/c1-15(2)24-25(27(37)31-20-4-3-5-21(36)9-20)33-35-22(18-11-29-30-12-18)10-23(32-26(24)35)34-13-16-6-7-19(28)8-17(16)14-34/h3-12,15,36H,13-14H2,1-2H3,(H,29,30)(H,31,37). The molecule has 186 valence electrons. The van der Waals surface area contributed by atoms with Crippen LogP contribution in [0.4, 0.5) is 11.5 Å². The van der Waals surface area contributed by atoms with Crippen LogP contribution in [0, 0.1) is 0 Å². The highest BCUT2D eigenvalue weighted by atomic mass is 35.5. The number of rotatable bonds is 5. The molecule has 5 aromatic rings. The van der Waals surface area contributed by atoms with Crippen LogP contribution in [0.5, 0.6) is 5.75 Å². The van der Waals surface area contributed by atoms with Gasteiger partial charge >= 0.3 is 0 Å². The van der Waals surface area contributed by atoms with Gasteiger partial charge < -0.3 is 15.3 Å². The molecule has 10 heteroatoms. The second kappa shape index (κ2) is 8.94. The lowest BCUT2D eigenvalue weighted by Crippen LogP contribution is -2.17. The maximum Gasteiger partial charge on any atom is 0.276 e. The molecule has 0 unspecified atom stereocenters. The molecule has 1 aliphatic rings. The van der Waals surface area contributed by atoms with Crippen LogP contribution in [0.3, 0.4) is 0 Å².